The van der Waals surface area contributed by atoms with E-state index < -0.39 is 12.1 Å². The molecule has 3 nitrogen and oxygen atoms in total. The fourth-order valence-corrected chi connectivity index (χ4v) is 0.536. The Morgan fingerprint density at radius 3 is 2.80 bits per heavy atom. The Morgan fingerprint density at radius 2 is 2.50 bits per heavy atom. The van der Waals surface area contributed by atoms with Gasteiger partial charge in [0.1, 0.15) is 6.07 Å². The maximum absolute atomic E-state index is 10.3. The molecule has 0 aliphatic rings. The number of hydrogen-bond acceptors (Lipinski definition) is 3. The number of carbonyl (C=O) groups excluding carboxylic acids is 1. The normalized spacial score (nSPS) is 11.7. The van der Waals surface area contributed by atoms with Gasteiger partial charge in [-0.3, -0.25) is 4.79 Å². The molecule has 1 atom stereocenters. The van der Waals surface area contributed by atoms with E-state index in [4.69, 9.17) is 5.26 Å². The lowest BCUT2D eigenvalue weighted by atomic mass is 10.2. The maximum Gasteiger partial charge on any atom is 0.303 e. The Kier molecular flexibility index (Phi) is 4.30. The smallest absolute Gasteiger partial charge is 0.303 e. The molecule has 0 aliphatic carbocycles. The van der Waals surface area contributed by atoms with Crippen molar-refractivity contribution in [3.05, 3.63) is 6.92 Å². The van der Waals surface area contributed by atoms with Crippen molar-refractivity contribution in [1.82, 2.24) is 0 Å². The minimum Gasteiger partial charge on any atom is -0.447 e. The van der Waals surface area contributed by atoms with Crippen LogP contribution in [0.4, 0.5) is 0 Å². The molecule has 0 heterocycles. The van der Waals surface area contributed by atoms with E-state index in [0.29, 0.717) is 12.8 Å². The number of nitrogens with zero attached hydrogens (tertiary/aromatic N) is 1. The van der Waals surface area contributed by atoms with Gasteiger partial charge in [0.05, 0.1) is 0 Å². The van der Waals surface area contributed by atoms with Crippen LogP contribution in [0.1, 0.15) is 19.8 Å². The van der Waals surface area contributed by atoms with Crippen molar-refractivity contribution < 1.29 is 9.53 Å². The SMILES string of the molecule is [CH2]CCC(C#N)OC(C)=O. The molecule has 0 N–H and O–H groups in total. The summed E-state index contributed by atoms with van der Waals surface area (Å²) >= 11 is 0. The molecule has 0 aliphatic heterocycles. The van der Waals surface area contributed by atoms with Gasteiger partial charge in [0, 0.05) is 6.92 Å². The van der Waals surface area contributed by atoms with E-state index in [1.807, 2.05) is 6.07 Å². The van der Waals surface area contributed by atoms with E-state index in [2.05, 4.69) is 11.7 Å². The highest BCUT2D eigenvalue weighted by atomic mass is 16.5. The summed E-state index contributed by atoms with van der Waals surface area (Å²) in [7, 11) is 0. The zero-order chi connectivity index (χ0) is 7.98. The molecule has 0 aromatic heterocycles. The first kappa shape index (κ1) is 8.96. The van der Waals surface area contributed by atoms with Crippen LogP contribution in [0.25, 0.3) is 0 Å². The lowest BCUT2D eigenvalue weighted by Gasteiger charge is -2.05. The molecule has 0 rings (SSSR count). The molecule has 1 radical (unpaired) electrons. The molecular formula is C7H10NO2. The van der Waals surface area contributed by atoms with Crippen LogP contribution in [-0.4, -0.2) is 12.1 Å². The van der Waals surface area contributed by atoms with Crippen molar-refractivity contribution >= 4 is 5.97 Å². The predicted molar refractivity (Wildman–Crippen MR) is 35.8 cm³/mol. The van der Waals surface area contributed by atoms with Crippen LogP contribution >= 0.6 is 0 Å². The van der Waals surface area contributed by atoms with E-state index >= 15 is 0 Å². The summed E-state index contributed by atoms with van der Waals surface area (Å²) in [4.78, 5) is 10.3. The van der Waals surface area contributed by atoms with Gasteiger partial charge in [0.2, 0.25) is 0 Å². The third-order valence-electron chi connectivity index (χ3n) is 0.919. The molecule has 1 unspecified atom stereocenters. The zero-order valence-corrected chi connectivity index (χ0v) is 5.96. The van der Waals surface area contributed by atoms with Crippen molar-refractivity contribution in [3.63, 3.8) is 0 Å². The van der Waals surface area contributed by atoms with Crippen LogP contribution in [0.2, 0.25) is 0 Å². The Morgan fingerprint density at radius 1 is 1.90 bits per heavy atom. The summed E-state index contributed by atoms with van der Waals surface area (Å²) in [6, 6.07) is 1.85. The maximum atomic E-state index is 10.3. The average Bonchev–Trinajstić information content (AvgIpc) is 1.86. The Hall–Kier alpha value is -1.04. The lowest BCUT2D eigenvalue weighted by molar-refractivity contribution is -0.144. The predicted octanol–water partition coefficient (Wildman–Crippen LogP) is 1.06. The zero-order valence-electron chi connectivity index (χ0n) is 5.96. The van der Waals surface area contributed by atoms with E-state index in [9.17, 15) is 4.79 Å². The lowest BCUT2D eigenvalue weighted by Crippen LogP contribution is -2.13. The number of carbonyl (C=O) groups is 1. The first-order valence-corrected chi connectivity index (χ1v) is 3.06. The third-order valence-corrected chi connectivity index (χ3v) is 0.919. The molecule has 0 fully saturated rings. The molecule has 0 bridgehead atoms. The van der Waals surface area contributed by atoms with E-state index in [1.54, 1.807) is 0 Å². The summed E-state index contributed by atoms with van der Waals surface area (Å²) in [5.74, 6) is -0.417. The first-order valence-electron chi connectivity index (χ1n) is 3.06. The fourth-order valence-electron chi connectivity index (χ4n) is 0.536. The number of esters is 1. The fraction of sp³-hybridized carbons (Fsp3) is 0.571. The summed E-state index contributed by atoms with van der Waals surface area (Å²) in [5.41, 5.74) is 0. The highest BCUT2D eigenvalue weighted by molar-refractivity contribution is 5.66. The number of hydrogen-bond donors (Lipinski definition) is 0. The van der Waals surface area contributed by atoms with Gasteiger partial charge in [0.15, 0.2) is 6.10 Å². The highest BCUT2D eigenvalue weighted by Gasteiger charge is 2.07. The van der Waals surface area contributed by atoms with Crippen molar-refractivity contribution in [2.24, 2.45) is 0 Å². The second kappa shape index (κ2) is 4.80. The minimum absolute atomic E-state index is 0.417. The van der Waals surface area contributed by atoms with Gasteiger partial charge in [0.25, 0.3) is 0 Å². The van der Waals surface area contributed by atoms with Crippen LogP contribution in [0.3, 0.4) is 0 Å². The molecule has 0 aromatic carbocycles. The molecule has 10 heavy (non-hydrogen) atoms. The van der Waals surface area contributed by atoms with Gasteiger partial charge in [-0.15, -0.1) is 0 Å². The van der Waals surface area contributed by atoms with Gasteiger partial charge in [-0.25, -0.2) is 0 Å². The second-order valence-corrected chi connectivity index (χ2v) is 1.87. The Balaban J connectivity index is 3.63. The van der Waals surface area contributed by atoms with Crippen molar-refractivity contribution in [2.75, 3.05) is 0 Å². The molecule has 55 valence electrons. The first-order chi connectivity index (χ1) is 4.70. The molecular weight excluding hydrogens is 130 g/mol. The second-order valence-electron chi connectivity index (χ2n) is 1.87. The van der Waals surface area contributed by atoms with Crippen LogP contribution in [0.5, 0.6) is 0 Å². The summed E-state index contributed by atoms with van der Waals surface area (Å²) < 4.78 is 4.60. The van der Waals surface area contributed by atoms with Gasteiger partial charge in [-0.2, -0.15) is 5.26 Å². The van der Waals surface area contributed by atoms with E-state index in [1.165, 1.54) is 6.92 Å². The molecule has 0 amide bonds. The number of ether oxygens (including phenoxy) is 1. The minimum atomic E-state index is -0.616. The van der Waals surface area contributed by atoms with Crippen LogP contribution in [0.15, 0.2) is 0 Å². The van der Waals surface area contributed by atoms with E-state index in [-0.39, 0.29) is 0 Å². The standard InChI is InChI=1S/C7H10NO2/c1-3-4-7(5-8)10-6(2)9/h7H,1,3-4H2,2H3. The van der Waals surface area contributed by atoms with Gasteiger partial charge < -0.3 is 4.74 Å². The Bertz CT molecular complexity index is 148. The van der Waals surface area contributed by atoms with Crippen LogP contribution < -0.4 is 0 Å². The van der Waals surface area contributed by atoms with Crippen molar-refractivity contribution in [2.45, 2.75) is 25.9 Å². The monoisotopic (exact) mass is 140 g/mol. The average molecular weight is 140 g/mol. The van der Waals surface area contributed by atoms with Gasteiger partial charge >= 0.3 is 5.97 Å². The van der Waals surface area contributed by atoms with Crippen LogP contribution in [0, 0.1) is 18.3 Å². The summed E-state index contributed by atoms with van der Waals surface area (Å²) in [5, 5.41) is 8.35. The van der Waals surface area contributed by atoms with Crippen molar-refractivity contribution in [3.8, 4) is 6.07 Å². The van der Waals surface area contributed by atoms with Gasteiger partial charge in [-0.05, 0) is 12.8 Å². The van der Waals surface area contributed by atoms with Gasteiger partial charge in [-0.1, -0.05) is 6.92 Å². The van der Waals surface area contributed by atoms with E-state index in [0.717, 1.165) is 0 Å². The molecule has 0 saturated carbocycles. The number of nitriles is 1. The largest absolute Gasteiger partial charge is 0.447 e. The summed E-state index contributed by atoms with van der Waals surface area (Å²) in [6.45, 7) is 4.82. The van der Waals surface area contributed by atoms with Crippen molar-refractivity contribution in [1.29, 1.82) is 5.26 Å². The molecule has 3 heteroatoms. The quantitative estimate of drug-likeness (QED) is 0.550. The highest BCUT2D eigenvalue weighted by Crippen LogP contribution is 1.99. The molecule has 0 saturated heterocycles. The molecule has 0 spiro atoms. The topological polar surface area (TPSA) is 50.1 Å². The number of rotatable bonds is 3. The molecule has 0 aromatic rings. The van der Waals surface area contributed by atoms with Crippen LogP contribution in [-0.2, 0) is 9.53 Å². The third kappa shape index (κ3) is 3.90. The summed E-state index contributed by atoms with van der Waals surface area (Å²) in [6.07, 6.45) is 0.497. The Labute approximate surface area is 60.6 Å².